The highest BCUT2D eigenvalue weighted by atomic mass is 32.3. The maximum atomic E-state index is 13.2. The lowest BCUT2D eigenvalue weighted by molar-refractivity contribution is -0.298. The molecule has 13 nitrogen and oxygen atoms in total. The molecule has 14 heteroatoms. The fourth-order valence-corrected chi connectivity index (χ4v) is 9.33. The Labute approximate surface area is 390 Å². The molecule has 1 rings (SSSR count). The van der Waals surface area contributed by atoms with Crippen LogP contribution in [0.1, 0.15) is 251 Å². The number of amides is 1. The molecule has 1 aliphatic heterocycles. The van der Waals surface area contributed by atoms with Crippen LogP contribution in [0, 0.1) is 0 Å². The molecule has 0 aromatic rings. The molecular formula is C50H99NO12S. The Balaban J connectivity index is 2.46. The molecule has 1 heterocycles. The molecule has 0 bridgehead atoms. The smallest absolute Gasteiger partial charge is 0.394 e. The number of aliphatic hydroxyl groups excluding tert-OH is 5. The number of ether oxygens (including phenoxy) is 2. The normalized spacial score (nSPS) is 20.7. The molecule has 0 aromatic carbocycles. The third-order valence-electron chi connectivity index (χ3n) is 13.0. The van der Waals surface area contributed by atoms with E-state index in [0.29, 0.717) is 19.3 Å². The van der Waals surface area contributed by atoms with Gasteiger partial charge in [-0.25, -0.2) is 4.18 Å². The van der Waals surface area contributed by atoms with Crippen molar-refractivity contribution in [1.29, 1.82) is 0 Å². The SMILES string of the molecule is CCCCCCCCCCCCCCCCCCCCC(O)C(=O)NC(COC1OC(CO)C(O)C(OS(=O)(=O)O)C1O)C(O)CCCCCCCCCCCCCCCCCCC. The van der Waals surface area contributed by atoms with Gasteiger partial charge >= 0.3 is 10.4 Å². The van der Waals surface area contributed by atoms with Crippen molar-refractivity contribution in [1.82, 2.24) is 5.32 Å². The van der Waals surface area contributed by atoms with Crippen LogP contribution in [0.3, 0.4) is 0 Å². The lowest BCUT2D eigenvalue weighted by Gasteiger charge is -2.41. The summed E-state index contributed by atoms with van der Waals surface area (Å²) in [7, 11) is -5.11. The zero-order valence-corrected chi connectivity index (χ0v) is 41.6. The fourth-order valence-electron chi connectivity index (χ4n) is 8.82. The van der Waals surface area contributed by atoms with Crippen molar-refractivity contribution in [3.63, 3.8) is 0 Å². The van der Waals surface area contributed by atoms with E-state index in [4.69, 9.17) is 9.47 Å². The molecule has 0 aromatic heterocycles. The average Bonchev–Trinajstić information content (AvgIpc) is 3.27. The van der Waals surface area contributed by atoms with Crippen molar-refractivity contribution >= 4 is 16.3 Å². The van der Waals surface area contributed by atoms with Gasteiger partial charge in [0.05, 0.1) is 25.4 Å². The highest BCUT2D eigenvalue weighted by Crippen LogP contribution is 2.26. The monoisotopic (exact) mass is 938 g/mol. The van der Waals surface area contributed by atoms with Gasteiger partial charge in [-0.15, -0.1) is 0 Å². The second-order valence-corrected chi connectivity index (χ2v) is 20.0. The van der Waals surface area contributed by atoms with E-state index in [1.807, 2.05) is 0 Å². The van der Waals surface area contributed by atoms with Gasteiger partial charge in [0.1, 0.15) is 30.5 Å². The van der Waals surface area contributed by atoms with Crippen LogP contribution in [-0.2, 0) is 28.9 Å². The summed E-state index contributed by atoms with van der Waals surface area (Å²) in [4.78, 5) is 13.2. The fraction of sp³-hybridized carbons (Fsp3) is 0.980. The summed E-state index contributed by atoms with van der Waals surface area (Å²) in [5.41, 5.74) is 0. The minimum atomic E-state index is -5.11. The average molecular weight is 938 g/mol. The van der Waals surface area contributed by atoms with Crippen LogP contribution < -0.4 is 5.32 Å². The standard InChI is InChI=1S/C50H99NO12S/c1-3-5-7-9-11-13-15-17-19-21-23-25-27-29-31-33-35-37-39-44(54)49(57)51-42(41-61-50-47(56)48(63-64(58,59)60)46(55)45(40-52)62-50)43(53)38-36-34-32-30-28-26-24-22-20-18-16-14-12-10-8-6-4-2/h42-48,50,52-56H,3-41H2,1-2H3,(H,51,57)(H,58,59,60). The van der Waals surface area contributed by atoms with Crippen molar-refractivity contribution < 1.29 is 57.0 Å². The number of hydrogen-bond acceptors (Lipinski definition) is 11. The molecule has 0 spiro atoms. The van der Waals surface area contributed by atoms with E-state index < -0.39 is 78.5 Å². The molecule has 1 aliphatic rings. The van der Waals surface area contributed by atoms with E-state index in [-0.39, 0.29) is 6.42 Å². The highest BCUT2D eigenvalue weighted by Gasteiger charge is 2.48. The van der Waals surface area contributed by atoms with E-state index in [0.717, 1.165) is 38.5 Å². The van der Waals surface area contributed by atoms with Gasteiger partial charge in [0.2, 0.25) is 5.91 Å². The number of unbranched alkanes of at least 4 members (excludes halogenated alkanes) is 33. The molecule has 64 heavy (non-hydrogen) atoms. The Morgan fingerprint density at radius 3 is 1.25 bits per heavy atom. The summed E-state index contributed by atoms with van der Waals surface area (Å²) in [6, 6.07) is -1.03. The van der Waals surface area contributed by atoms with E-state index in [1.54, 1.807) is 0 Å². The maximum Gasteiger partial charge on any atom is 0.397 e. The summed E-state index contributed by atoms with van der Waals surface area (Å²) in [5.74, 6) is -0.664. The zero-order valence-electron chi connectivity index (χ0n) is 40.7. The quantitative estimate of drug-likeness (QED) is 0.0224. The van der Waals surface area contributed by atoms with Crippen LogP contribution in [0.25, 0.3) is 0 Å². The molecule has 0 saturated carbocycles. The molecule has 7 N–H and O–H groups in total. The first-order valence-corrected chi connectivity index (χ1v) is 27.9. The van der Waals surface area contributed by atoms with Crippen LogP contribution in [0.15, 0.2) is 0 Å². The maximum absolute atomic E-state index is 13.2. The van der Waals surface area contributed by atoms with Gasteiger partial charge in [-0.2, -0.15) is 8.42 Å². The lowest BCUT2D eigenvalue weighted by Crippen LogP contribution is -2.61. The zero-order chi connectivity index (χ0) is 47.1. The summed E-state index contributed by atoms with van der Waals surface area (Å²) < 4.78 is 47.7. The number of rotatable bonds is 46. The molecule has 1 fully saturated rings. The lowest BCUT2D eigenvalue weighted by atomic mass is 9.99. The molecule has 382 valence electrons. The van der Waals surface area contributed by atoms with Gasteiger partial charge in [-0.05, 0) is 12.8 Å². The molecule has 8 atom stereocenters. The Morgan fingerprint density at radius 1 is 0.562 bits per heavy atom. The molecule has 8 unspecified atom stereocenters. The van der Waals surface area contributed by atoms with E-state index in [2.05, 4.69) is 23.3 Å². The van der Waals surface area contributed by atoms with Crippen LogP contribution in [0.4, 0.5) is 0 Å². The largest absolute Gasteiger partial charge is 0.397 e. The summed E-state index contributed by atoms with van der Waals surface area (Å²) in [5, 5.41) is 55.6. The second kappa shape index (κ2) is 41.1. The minimum absolute atomic E-state index is 0.266. The molecular weight excluding hydrogens is 839 g/mol. The van der Waals surface area contributed by atoms with Gasteiger partial charge in [0, 0.05) is 0 Å². The molecule has 0 radical (unpaired) electrons. The topological polar surface area (TPSA) is 212 Å². The first kappa shape index (κ1) is 61.1. The molecule has 0 aliphatic carbocycles. The van der Waals surface area contributed by atoms with Crippen LogP contribution >= 0.6 is 0 Å². The van der Waals surface area contributed by atoms with Crippen molar-refractivity contribution in [3.05, 3.63) is 0 Å². The Kier molecular flexibility index (Phi) is 39.2. The predicted molar refractivity (Wildman–Crippen MR) is 256 cm³/mol. The van der Waals surface area contributed by atoms with Gasteiger partial charge in [0.25, 0.3) is 0 Å². The Hall–Kier alpha value is -0.940. The third-order valence-corrected chi connectivity index (χ3v) is 13.5. The van der Waals surface area contributed by atoms with Crippen LogP contribution in [0.5, 0.6) is 0 Å². The molecule has 1 saturated heterocycles. The molecule has 1 amide bonds. The summed E-state index contributed by atoms with van der Waals surface area (Å²) in [6.07, 6.45) is 32.8. The Bertz CT molecular complexity index is 1170. The third kappa shape index (κ3) is 32.7. The van der Waals surface area contributed by atoms with Crippen LogP contribution in [-0.4, -0.2) is 107 Å². The van der Waals surface area contributed by atoms with Crippen molar-refractivity contribution in [3.8, 4) is 0 Å². The number of carbonyl (C=O) groups excluding carboxylic acids is 1. The van der Waals surface area contributed by atoms with Crippen LogP contribution in [0.2, 0.25) is 0 Å². The highest BCUT2D eigenvalue weighted by molar-refractivity contribution is 7.80. The first-order valence-electron chi connectivity index (χ1n) is 26.5. The summed E-state index contributed by atoms with van der Waals surface area (Å²) in [6.45, 7) is 3.32. The summed E-state index contributed by atoms with van der Waals surface area (Å²) >= 11 is 0. The number of nitrogens with one attached hydrogen (secondary N) is 1. The van der Waals surface area contributed by atoms with Gasteiger partial charge in [-0.3, -0.25) is 9.35 Å². The number of carbonyl (C=O) groups is 1. The second-order valence-electron chi connectivity index (χ2n) is 19.0. The van der Waals surface area contributed by atoms with E-state index >= 15 is 0 Å². The van der Waals surface area contributed by atoms with Gasteiger partial charge in [-0.1, -0.05) is 239 Å². The van der Waals surface area contributed by atoms with Crippen molar-refractivity contribution in [2.75, 3.05) is 13.2 Å². The Morgan fingerprint density at radius 2 is 0.906 bits per heavy atom. The van der Waals surface area contributed by atoms with Gasteiger partial charge in [0.15, 0.2) is 6.29 Å². The van der Waals surface area contributed by atoms with E-state index in [1.165, 1.54) is 173 Å². The van der Waals surface area contributed by atoms with Crippen molar-refractivity contribution in [2.24, 2.45) is 0 Å². The first-order chi connectivity index (χ1) is 30.9. The number of hydrogen-bond donors (Lipinski definition) is 7. The van der Waals surface area contributed by atoms with Crippen molar-refractivity contribution in [2.45, 2.75) is 300 Å². The number of aliphatic hydroxyl groups is 5. The van der Waals surface area contributed by atoms with Gasteiger partial charge < -0.3 is 40.3 Å². The minimum Gasteiger partial charge on any atom is -0.394 e. The predicted octanol–water partition coefficient (Wildman–Crippen LogP) is 10.3. The van der Waals surface area contributed by atoms with E-state index in [9.17, 15) is 43.3 Å².